The SMILES string of the molecule is CC[C@H](C(=O)NC1CCCC1)N(CCc1ccccc1)C(=O)CCCN(c1ccccc1OC)S(C)(=O)=O. The lowest BCUT2D eigenvalue weighted by Gasteiger charge is -2.32. The number of nitrogens with zero attached hydrogens (tertiary/aromatic N) is 2. The van der Waals surface area contributed by atoms with Gasteiger partial charge in [-0.25, -0.2) is 8.42 Å². The van der Waals surface area contributed by atoms with Crippen LogP contribution in [0.2, 0.25) is 0 Å². The second kappa shape index (κ2) is 14.2. The third kappa shape index (κ3) is 8.21. The van der Waals surface area contributed by atoms with Gasteiger partial charge in [-0.2, -0.15) is 0 Å². The van der Waals surface area contributed by atoms with Crippen LogP contribution in [0, 0.1) is 0 Å². The number of sulfonamides is 1. The first-order chi connectivity index (χ1) is 18.2. The number of hydrogen-bond donors (Lipinski definition) is 1. The Morgan fingerprint density at radius 1 is 1.03 bits per heavy atom. The molecule has 1 fully saturated rings. The van der Waals surface area contributed by atoms with E-state index in [1.54, 1.807) is 29.2 Å². The zero-order valence-corrected chi connectivity index (χ0v) is 23.6. The molecule has 0 bridgehead atoms. The summed E-state index contributed by atoms with van der Waals surface area (Å²) in [5.74, 6) is 0.193. The summed E-state index contributed by atoms with van der Waals surface area (Å²) in [5, 5.41) is 3.16. The summed E-state index contributed by atoms with van der Waals surface area (Å²) in [6.45, 7) is 2.47. The van der Waals surface area contributed by atoms with Crippen LogP contribution in [-0.4, -0.2) is 63.7 Å². The van der Waals surface area contributed by atoms with Crippen LogP contribution < -0.4 is 14.4 Å². The fourth-order valence-corrected chi connectivity index (χ4v) is 6.05. The fraction of sp³-hybridized carbons (Fsp3) is 0.517. The number of amides is 2. The lowest BCUT2D eigenvalue weighted by Crippen LogP contribution is -2.52. The molecule has 9 heteroatoms. The lowest BCUT2D eigenvalue weighted by molar-refractivity contribution is -0.141. The van der Waals surface area contributed by atoms with E-state index in [1.807, 2.05) is 37.3 Å². The topological polar surface area (TPSA) is 96.0 Å². The Hall–Kier alpha value is -3.07. The number of rotatable bonds is 14. The van der Waals surface area contributed by atoms with Crippen LogP contribution in [0.3, 0.4) is 0 Å². The Morgan fingerprint density at radius 3 is 2.32 bits per heavy atom. The molecule has 1 aliphatic carbocycles. The molecule has 2 aromatic carbocycles. The third-order valence-electron chi connectivity index (χ3n) is 7.08. The maximum Gasteiger partial charge on any atom is 0.243 e. The van der Waals surface area contributed by atoms with Crippen molar-refractivity contribution in [1.29, 1.82) is 0 Å². The molecule has 0 spiro atoms. The van der Waals surface area contributed by atoms with Crippen molar-refractivity contribution in [2.24, 2.45) is 0 Å². The number of ether oxygens (including phenoxy) is 1. The smallest absolute Gasteiger partial charge is 0.243 e. The van der Waals surface area contributed by atoms with Gasteiger partial charge in [0.2, 0.25) is 21.8 Å². The van der Waals surface area contributed by atoms with Gasteiger partial charge in [0.15, 0.2) is 0 Å². The van der Waals surface area contributed by atoms with Crippen LogP contribution in [0.15, 0.2) is 54.6 Å². The van der Waals surface area contributed by atoms with E-state index < -0.39 is 16.1 Å². The highest BCUT2D eigenvalue weighted by atomic mass is 32.2. The summed E-state index contributed by atoms with van der Waals surface area (Å²) in [6, 6.07) is 16.4. The van der Waals surface area contributed by atoms with Crippen LogP contribution >= 0.6 is 0 Å². The van der Waals surface area contributed by atoms with Gasteiger partial charge in [0, 0.05) is 25.6 Å². The average Bonchev–Trinajstić information content (AvgIpc) is 3.41. The lowest BCUT2D eigenvalue weighted by atomic mass is 10.1. The summed E-state index contributed by atoms with van der Waals surface area (Å²) < 4.78 is 31.8. The first-order valence-electron chi connectivity index (χ1n) is 13.5. The molecule has 2 aromatic rings. The Balaban J connectivity index is 1.73. The summed E-state index contributed by atoms with van der Waals surface area (Å²) in [4.78, 5) is 28.5. The summed E-state index contributed by atoms with van der Waals surface area (Å²) in [7, 11) is -2.10. The van der Waals surface area contributed by atoms with Gasteiger partial charge in [-0.05, 0) is 49.8 Å². The van der Waals surface area contributed by atoms with E-state index >= 15 is 0 Å². The van der Waals surface area contributed by atoms with E-state index in [2.05, 4.69) is 5.32 Å². The van der Waals surface area contributed by atoms with Crippen molar-refractivity contribution < 1.29 is 22.7 Å². The van der Waals surface area contributed by atoms with Gasteiger partial charge in [0.1, 0.15) is 11.8 Å². The number of hydrogen-bond acceptors (Lipinski definition) is 5. The molecule has 1 saturated carbocycles. The summed E-state index contributed by atoms with van der Waals surface area (Å²) >= 11 is 0. The van der Waals surface area contributed by atoms with Crippen molar-refractivity contribution in [3.63, 3.8) is 0 Å². The highest BCUT2D eigenvalue weighted by molar-refractivity contribution is 7.92. The van der Waals surface area contributed by atoms with E-state index in [4.69, 9.17) is 4.74 Å². The van der Waals surface area contributed by atoms with Gasteiger partial charge < -0.3 is 15.0 Å². The maximum atomic E-state index is 13.6. The van der Waals surface area contributed by atoms with Crippen LogP contribution in [0.4, 0.5) is 5.69 Å². The molecular weight excluding hydrogens is 502 g/mol. The van der Waals surface area contributed by atoms with E-state index in [-0.39, 0.29) is 30.8 Å². The predicted octanol–water partition coefficient (Wildman–Crippen LogP) is 4.15. The molecule has 0 aliphatic heterocycles. The molecular formula is C29H41N3O5S. The molecule has 8 nitrogen and oxygen atoms in total. The number of carbonyl (C=O) groups is 2. The van der Waals surface area contributed by atoms with Crippen LogP contribution in [0.1, 0.15) is 57.4 Å². The first-order valence-corrected chi connectivity index (χ1v) is 15.3. The van der Waals surface area contributed by atoms with Crippen LogP contribution in [0.25, 0.3) is 0 Å². The quantitative estimate of drug-likeness (QED) is 0.386. The van der Waals surface area contributed by atoms with Crippen molar-refractivity contribution in [3.8, 4) is 5.75 Å². The molecule has 0 heterocycles. The Labute approximate surface area is 227 Å². The second-order valence-corrected chi connectivity index (χ2v) is 11.8. The number of carbonyl (C=O) groups excluding carboxylic acids is 2. The monoisotopic (exact) mass is 543 g/mol. The van der Waals surface area contributed by atoms with Crippen LogP contribution in [0.5, 0.6) is 5.75 Å². The molecule has 1 aliphatic rings. The minimum absolute atomic E-state index is 0.104. The molecule has 1 atom stereocenters. The number of nitrogens with one attached hydrogen (secondary N) is 1. The zero-order chi connectivity index (χ0) is 27.5. The number of benzene rings is 2. The average molecular weight is 544 g/mol. The minimum atomic E-state index is -3.60. The van der Waals surface area contributed by atoms with Gasteiger partial charge in [0.25, 0.3) is 0 Å². The normalized spacial score (nSPS) is 14.6. The molecule has 0 saturated heterocycles. The molecule has 2 amide bonds. The van der Waals surface area contributed by atoms with Crippen molar-refractivity contribution in [3.05, 3.63) is 60.2 Å². The largest absolute Gasteiger partial charge is 0.495 e. The molecule has 208 valence electrons. The van der Waals surface area contributed by atoms with E-state index in [1.165, 1.54) is 11.4 Å². The minimum Gasteiger partial charge on any atom is -0.495 e. The summed E-state index contributed by atoms with van der Waals surface area (Å²) in [6.07, 6.45) is 6.91. The molecule has 38 heavy (non-hydrogen) atoms. The zero-order valence-electron chi connectivity index (χ0n) is 22.8. The Morgan fingerprint density at radius 2 is 1.68 bits per heavy atom. The molecule has 0 unspecified atom stereocenters. The molecule has 0 aromatic heterocycles. The molecule has 1 N–H and O–H groups in total. The second-order valence-electron chi connectivity index (χ2n) is 9.85. The third-order valence-corrected chi connectivity index (χ3v) is 8.26. The predicted molar refractivity (Wildman–Crippen MR) is 151 cm³/mol. The van der Waals surface area contributed by atoms with E-state index in [0.29, 0.717) is 37.2 Å². The first kappa shape index (κ1) is 29.5. The maximum absolute atomic E-state index is 13.6. The number of methoxy groups -OCH3 is 1. The fourth-order valence-electron chi connectivity index (χ4n) is 5.08. The Kier molecular flexibility index (Phi) is 11.0. The highest BCUT2D eigenvalue weighted by Gasteiger charge is 2.30. The standard InChI is InChI=1S/C29H41N3O5S/c1-4-25(29(34)30-24-15-8-9-16-24)31(22-20-23-13-6-5-7-14-23)28(33)19-12-21-32(38(3,35)36)26-17-10-11-18-27(26)37-2/h5-7,10-11,13-14,17-18,24-25H,4,8-9,12,15-16,19-22H2,1-3H3,(H,30,34)/t25-/m1/s1. The Bertz CT molecular complexity index is 1150. The van der Waals surface area contributed by atoms with Crippen molar-refractivity contribution in [2.45, 2.75) is 70.4 Å². The van der Waals surface area contributed by atoms with Gasteiger partial charge in [-0.15, -0.1) is 0 Å². The summed E-state index contributed by atoms with van der Waals surface area (Å²) in [5.41, 5.74) is 1.53. The van der Waals surface area contributed by atoms with Gasteiger partial charge in [-0.1, -0.05) is 62.2 Å². The van der Waals surface area contributed by atoms with E-state index in [9.17, 15) is 18.0 Å². The van der Waals surface area contributed by atoms with Gasteiger partial charge in [-0.3, -0.25) is 13.9 Å². The molecule has 3 rings (SSSR count). The van der Waals surface area contributed by atoms with E-state index in [0.717, 1.165) is 37.5 Å². The molecule has 0 radical (unpaired) electrons. The van der Waals surface area contributed by atoms with Crippen molar-refractivity contribution in [2.75, 3.05) is 30.8 Å². The van der Waals surface area contributed by atoms with Gasteiger partial charge in [0.05, 0.1) is 19.1 Å². The van der Waals surface area contributed by atoms with Gasteiger partial charge >= 0.3 is 0 Å². The van der Waals surface area contributed by atoms with Crippen LogP contribution in [-0.2, 0) is 26.0 Å². The van der Waals surface area contributed by atoms with Crippen molar-refractivity contribution in [1.82, 2.24) is 10.2 Å². The number of para-hydroxylation sites is 2. The number of anilines is 1. The highest BCUT2D eigenvalue weighted by Crippen LogP contribution is 2.30. The van der Waals surface area contributed by atoms with Crippen molar-refractivity contribution >= 4 is 27.5 Å².